The van der Waals surface area contributed by atoms with Crippen LogP contribution in [0, 0.1) is 0 Å². The minimum atomic E-state index is -0.252. The number of methoxy groups -OCH3 is 1. The molecule has 0 radical (unpaired) electrons. The predicted molar refractivity (Wildman–Crippen MR) is 136 cm³/mol. The molecule has 1 N–H and O–H groups in total. The average Bonchev–Trinajstić information content (AvgIpc) is 2.91. The maximum atomic E-state index is 13.1. The van der Waals surface area contributed by atoms with Gasteiger partial charge in [0.2, 0.25) is 0 Å². The Bertz CT molecular complexity index is 1300. The number of allylic oxidation sites excluding steroid dienone is 1. The first-order valence-corrected chi connectivity index (χ1v) is 11.2. The quantitative estimate of drug-likeness (QED) is 0.215. The third-order valence-corrected chi connectivity index (χ3v) is 5.36. The van der Waals surface area contributed by atoms with Gasteiger partial charge < -0.3 is 19.3 Å². The number of rotatable bonds is 10. The minimum Gasteiger partial charge on any atom is -0.507 e. The van der Waals surface area contributed by atoms with Crippen LogP contribution in [0.4, 0.5) is 0 Å². The lowest BCUT2D eigenvalue weighted by Crippen LogP contribution is -2.04. The Morgan fingerprint density at radius 1 is 0.771 bits per heavy atom. The molecule has 4 aromatic rings. The lowest BCUT2D eigenvalue weighted by atomic mass is 10.1. The maximum absolute atomic E-state index is 13.1. The highest BCUT2D eigenvalue weighted by Gasteiger charge is 2.13. The van der Waals surface area contributed by atoms with Gasteiger partial charge in [-0.1, -0.05) is 60.7 Å². The van der Waals surface area contributed by atoms with Gasteiger partial charge in [-0.3, -0.25) is 4.79 Å². The highest BCUT2D eigenvalue weighted by atomic mass is 16.5. The van der Waals surface area contributed by atoms with E-state index in [4.69, 9.17) is 14.2 Å². The van der Waals surface area contributed by atoms with Crippen molar-refractivity contribution < 1.29 is 24.1 Å². The molecule has 0 bridgehead atoms. The number of phenolic OH excluding ortho intramolecular Hbond substituents is 1. The normalized spacial score (nSPS) is 10.8. The van der Waals surface area contributed by atoms with Crippen LogP contribution >= 0.6 is 0 Å². The summed E-state index contributed by atoms with van der Waals surface area (Å²) < 4.78 is 17.1. The molecular weight excluding hydrogens is 440 g/mol. The molecule has 0 aromatic heterocycles. The molecule has 5 heteroatoms. The van der Waals surface area contributed by atoms with Crippen molar-refractivity contribution >= 4 is 11.9 Å². The topological polar surface area (TPSA) is 65.0 Å². The highest BCUT2D eigenvalue weighted by Crippen LogP contribution is 2.29. The molecule has 0 unspecified atom stereocenters. The van der Waals surface area contributed by atoms with Gasteiger partial charge in [0, 0.05) is 17.7 Å². The lowest BCUT2D eigenvalue weighted by Gasteiger charge is -2.13. The monoisotopic (exact) mass is 466 g/mol. The van der Waals surface area contributed by atoms with Crippen molar-refractivity contribution in [1.29, 1.82) is 0 Å². The Labute approximate surface area is 204 Å². The van der Waals surface area contributed by atoms with Crippen LogP contribution in [0.5, 0.6) is 23.0 Å². The number of ketones is 1. The van der Waals surface area contributed by atoms with Gasteiger partial charge in [-0.15, -0.1) is 0 Å². The van der Waals surface area contributed by atoms with E-state index in [9.17, 15) is 9.90 Å². The van der Waals surface area contributed by atoms with Crippen LogP contribution < -0.4 is 14.2 Å². The number of ether oxygens (including phenoxy) is 3. The number of carbonyl (C=O) groups is 1. The van der Waals surface area contributed by atoms with Crippen LogP contribution in [0.3, 0.4) is 0 Å². The first-order chi connectivity index (χ1) is 17.1. The number of hydrogen-bond donors (Lipinski definition) is 1. The summed E-state index contributed by atoms with van der Waals surface area (Å²) in [6.07, 6.45) is 2.98. The summed E-state index contributed by atoms with van der Waals surface area (Å²) in [5, 5.41) is 10.2. The summed E-state index contributed by atoms with van der Waals surface area (Å²) in [6, 6.07) is 29.7. The Hall–Kier alpha value is -4.51. The number of hydrogen-bond acceptors (Lipinski definition) is 5. The Morgan fingerprint density at radius 3 is 2.03 bits per heavy atom. The minimum absolute atomic E-state index is 0.0265. The molecule has 0 aliphatic rings. The molecule has 0 spiro atoms. The van der Waals surface area contributed by atoms with E-state index in [1.165, 1.54) is 19.3 Å². The van der Waals surface area contributed by atoms with Crippen molar-refractivity contribution in [2.45, 2.75) is 13.2 Å². The van der Waals surface area contributed by atoms with E-state index in [-0.39, 0.29) is 11.5 Å². The standard InChI is InChI=1S/C30H26O5/c1-33-25-14-12-24(29(32)18-25)13-17-28(31)27-16-15-26(34-20-22-8-4-2-5-9-22)19-30(27)35-21-23-10-6-3-7-11-23/h2-19,32H,20-21H2,1H3. The number of benzene rings is 4. The molecule has 0 fully saturated rings. The molecule has 0 saturated heterocycles. The van der Waals surface area contributed by atoms with Crippen molar-refractivity contribution in [2.75, 3.05) is 7.11 Å². The van der Waals surface area contributed by atoms with Gasteiger partial charge in [0.1, 0.15) is 36.2 Å². The average molecular weight is 467 g/mol. The van der Waals surface area contributed by atoms with E-state index in [2.05, 4.69) is 0 Å². The van der Waals surface area contributed by atoms with E-state index in [0.29, 0.717) is 41.6 Å². The van der Waals surface area contributed by atoms with Crippen LogP contribution in [0.2, 0.25) is 0 Å². The van der Waals surface area contributed by atoms with Crippen LogP contribution in [0.15, 0.2) is 103 Å². The van der Waals surface area contributed by atoms with Crippen molar-refractivity contribution in [1.82, 2.24) is 0 Å². The zero-order valence-corrected chi connectivity index (χ0v) is 19.4. The molecule has 176 valence electrons. The van der Waals surface area contributed by atoms with E-state index >= 15 is 0 Å². The largest absolute Gasteiger partial charge is 0.507 e. The van der Waals surface area contributed by atoms with Gasteiger partial charge in [0.15, 0.2) is 5.78 Å². The Morgan fingerprint density at radius 2 is 1.40 bits per heavy atom. The number of phenols is 1. The van der Waals surface area contributed by atoms with Crippen molar-refractivity contribution in [2.24, 2.45) is 0 Å². The van der Waals surface area contributed by atoms with Gasteiger partial charge in [0.25, 0.3) is 0 Å². The van der Waals surface area contributed by atoms with E-state index in [1.807, 2.05) is 60.7 Å². The third kappa shape index (κ3) is 6.51. The zero-order chi connectivity index (χ0) is 24.5. The van der Waals surface area contributed by atoms with Gasteiger partial charge in [0.05, 0.1) is 12.7 Å². The van der Waals surface area contributed by atoms with Crippen molar-refractivity contribution in [3.05, 3.63) is 125 Å². The molecule has 35 heavy (non-hydrogen) atoms. The summed E-state index contributed by atoms with van der Waals surface area (Å²) in [5.74, 6) is 1.34. The predicted octanol–water partition coefficient (Wildman–Crippen LogP) is 6.45. The Kier molecular flexibility index (Phi) is 7.81. The fourth-order valence-electron chi connectivity index (χ4n) is 3.44. The maximum Gasteiger partial charge on any atom is 0.189 e. The SMILES string of the molecule is COc1ccc(C=CC(=O)c2ccc(OCc3ccccc3)cc2OCc2ccccc2)c(O)c1. The molecule has 4 aromatic carbocycles. The van der Waals surface area contributed by atoms with E-state index in [0.717, 1.165) is 11.1 Å². The fraction of sp³-hybridized carbons (Fsp3) is 0.100. The van der Waals surface area contributed by atoms with Gasteiger partial charge in [-0.25, -0.2) is 0 Å². The number of aromatic hydroxyl groups is 1. The van der Waals surface area contributed by atoms with Gasteiger partial charge in [-0.2, -0.15) is 0 Å². The van der Waals surface area contributed by atoms with E-state index < -0.39 is 0 Å². The lowest BCUT2D eigenvalue weighted by molar-refractivity contribution is 0.104. The number of carbonyl (C=O) groups excluding carboxylic acids is 1. The summed E-state index contributed by atoms with van der Waals surface area (Å²) in [4.78, 5) is 13.1. The second kappa shape index (κ2) is 11.6. The first kappa shape index (κ1) is 23.6. The highest BCUT2D eigenvalue weighted by molar-refractivity contribution is 6.08. The Balaban J connectivity index is 1.55. The zero-order valence-electron chi connectivity index (χ0n) is 19.4. The second-order valence-electron chi connectivity index (χ2n) is 7.83. The molecule has 0 aliphatic heterocycles. The molecular formula is C30H26O5. The molecule has 0 heterocycles. The van der Waals surface area contributed by atoms with Gasteiger partial charge in [-0.05, 0) is 47.5 Å². The summed E-state index contributed by atoms with van der Waals surface area (Å²) in [5.41, 5.74) is 2.94. The molecule has 0 saturated carbocycles. The van der Waals surface area contributed by atoms with Crippen LogP contribution in [0.25, 0.3) is 6.08 Å². The molecule has 0 atom stereocenters. The third-order valence-electron chi connectivity index (χ3n) is 5.36. The smallest absolute Gasteiger partial charge is 0.189 e. The van der Waals surface area contributed by atoms with Gasteiger partial charge >= 0.3 is 0 Å². The fourth-order valence-corrected chi connectivity index (χ4v) is 3.44. The van der Waals surface area contributed by atoms with Crippen LogP contribution in [0.1, 0.15) is 27.0 Å². The second-order valence-corrected chi connectivity index (χ2v) is 7.83. The summed E-state index contributed by atoms with van der Waals surface area (Å²) in [7, 11) is 1.53. The summed E-state index contributed by atoms with van der Waals surface area (Å²) in [6.45, 7) is 0.717. The van der Waals surface area contributed by atoms with E-state index in [1.54, 1.807) is 36.4 Å². The summed E-state index contributed by atoms with van der Waals surface area (Å²) >= 11 is 0. The van der Waals surface area contributed by atoms with Crippen LogP contribution in [-0.4, -0.2) is 18.0 Å². The molecule has 4 rings (SSSR count). The van der Waals surface area contributed by atoms with Crippen molar-refractivity contribution in [3.63, 3.8) is 0 Å². The van der Waals surface area contributed by atoms with Crippen LogP contribution in [-0.2, 0) is 13.2 Å². The molecule has 0 amide bonds. The molecule has 0 aliphatic carbocycles. The first-order valence-electron chi connectivity index (χ1n) is 11.2. The molecule has 5 nitrogen and oxygen atoms in total. The van der Waals surface area contributed by atoms with Crippen molar-refractivity contribution in [3.8, 4) is 23.0 Å².